The fraction of sp³-hybridized carbons (Fsp3) is 0.550. The van der Waals surface area contributed by atoms with Crippen LogP contribution in [-0.4, -0.2) is 40.8 Å². The van der Waals surface area contributed by atoms with E-state index in [2.05, 4.69) is 41.2 Å². The molecule has 1 N–H and O–H groups in total. The fourth-order valence-corrected chi connectivity index (χ4v) is 3.61. The molecule has 5 nitrogen and oxygen atoms in total. The normalized spacial score (nSPS) is 18.4. The van der Waals surface area contributed by atoms with Gasteiger partial charge in [0.2, 0.25) is 0 Å². The molecule has 1 amide bonds. The second-order valence-corrected chi connectivity index (χ2v) is 7.66. The van der Waals surface area contributed by atoms with Gasteiger partial charge in [-0.15, -0.1) is 0 Å². The lowest BCUT2D eigenvalue weighted by molar-refractivity contribution is 0.00958. The van der Waals surface area contributed by atoms with Gasteiger partial charge in [0, 0.05) is 30.2 Å². The van der Waals surface area contributed by atoms with Crippen molar-refractivity contribution < 1.29 is 9.53 Å². The Bertz CT molecular complexity index is 732. The van der Waals surface area contributed by atoms with Crippen LogP contribution in [0.3, 0.4) is 0 Å². The molecular weight excluding hydrogens is 314 g/mol. The summed E-state index contributed by atoms with van der Waals surface area (Å²) in [4.78, 5) is 20.3. The van der Waals surface area contributed by atoms with E-state index >= 15 is 0 Å². The Kier molecular flexibility index (Phi) is 4.93. The topological polar surface area (TPSA) is 48.6 Å². The molecule has 0 radical (unpaired) electrons. The second kappa shape index (κ2) is 6.98. The lowest BCUT2D eigenvalue weighted by Gasteiger charge is -2.43. The van der Waals surface area contributed by atoms with Crippen molar-refractivity contribution in [2.45, 2.75) is 58.7 Å². The Labute approximate surface area is 149 Å². The van der Waals surface area contributed by atoms with Crippen molar-refractivity contribution in [1.82, 2.24) is 9.88 Å². The molecule has 1 fully saturated rings. The lowest BCUT2D eigenvalue weighted by atomic mass is 10.1. The Morgan fingerprint density at radius 2 is 2.08 bits per heavy atom. The number of aromatic amines is 1. The second-order valence-electron chi connectivity index (χ2n) is 7.66. The molecule has 0 saturated carbocycles. The van der Waals surface area contributed by atoms with E-state index in [0.717, 1.165) is 43.6 Å². The summed E-state index contributed by atoms with van der Waals surface area (Å²) in [5, 5.41) is 1.19. The van der Waals surface area contributed by atoms with Crippen LogP contribution in [0.2, 0.25) is 0 Å². The Morgan fingerprint density at radius 1 is 1.32 bits per heavy atom. The summed E-state index contributed by atoms with van der Waals surface area (Å²) in [6.07, 6.45) is 5.00. The molecule has 0 aliphatic carbocycles. The van der Waals surface area contributed by atoms with Gasteiger partial charge in [0.05, 0.1) is 5.69 Å². The fourth-order valence-electron chi connectivity index (χ4n) is 3.61. The molecule has 2 heterocycles. The number of rotatable bonds is 3. The number of para-hydroxylation sites is 1. The third-order valence-corrected chi connectivity index (χ3v) is 4.68. The first kappa shape index (κ1) is 17.6. The van der Waals surface area contributed by atoms with Crippen LogP contribution in [0.5, 0.6) is 0 Å². The van der Waals surface area contributed by atoms with E-state index in [-0.39, 0.29) is 12.3 Å². The first-order valence-corrected chi connectivity index (χ1v) is 9.23. The minimum Gasteiger partial charge on any atom is -0.444 e. The van der Waals surface area contributed by atoms with Crippen molar-refractivity contribution in [1.29, 1.82) is 0 Å². The molecule has 1 aromatic heterocycles. The van der Waals surface area contributed by atoms with Crippen LogP contribution in [0.1, 0.15) is 47.0 Å². The van der Waals surface area contributed by atoms with Crippen molar-refractivity contribution in [3.8, 4) is 0 Å². The van der Waals surface area contributed by atoms with Gasteiger partial charge in [-0.3, -0.25) is 4.90 Å². The first-order valence-electron chi connectivity index (χ1n) is 9.23. The van der Waals surface area contributed by atoms with E-state index in [0.29, 0.717) is 0 Å². The molecule has 0 unspecified atom stereocenters. The maximum absolute atomic E-state index is 12.7. The Hall–Kier alpha value is -2.17. The van der Waals surface area contributed by atoms with Gasteiger partial charge in [0.25, 0.3) is 0 Å². The number of amides is 1. The van der Waals surface area contributed by atoms with Crippen LogP contribution in [0.4, 0.5) is 10.5 Å². The van der Waals surface area contributed by atoms with Gasteiger partial charge >= 0.3 is 6.09 Å². The minimum atomic E-state index is -0.475. The predicted molar refractivity (Wildman–Crippen MR) is 102 cm³/mol. The van der Waals surface area contributed by atoms with E-state index in [1.165, 1.54) is 5.39 Å². The monoisotopic (exact) mass is 343 g/mol. The molecule has 1 atom stereocenters. The van der Waals surface area contributed by atoms with Gasteiger partial charge in [-0.05, 0) is 53.0 Å². The largest absolute Gasteiger partial charge is 0.444 e. The molecule has 2 aromatic rings. The van der Waals surface area contributed by atoms with Crippen LogP contribution < -0.4 is 4.90 Å². The zero-order valence-electron chi connectivity index (χ0n) is 15.7. The molecule has 0 spiro atoms. The molecule has 1 saturated heterocycles. The van der Waals surface area contributed by atoms with Crippen molar-refractivity contribution >= 4 is 22.7 Å². The molecule has 0 bridgehead atoms. The highest BCUT2D eigenvalue weighted by molar-refractivity contribution is 5.93. The number of carbonyl (C=O) groups excluding carboxylic acids is 1. The molecule has 1 aromatic carbocycles. The summed E-state index contributed by atoms with van der Waals surface area (Å²) >= 11 is 0. The standard InChI is InChI=1S/C20H29N3O2/c1-5-22(17-14-21-16-11-7-6-10-15(16)17)18-12-8-9-13-23(18)19(24)25-20(2,3)4/h6-7,10-11,14,18,21H,5,8-9,12-13H2,1-4H3/t18-/m1/s1. The highest BCUT2D eigenvalue weighted by atomic mass is 16.6. The number of ether oxygens (including phenoxy) is 1. The van der Waals surface area contributed by atoms with Crippen LogP contribution in [-0.2, 0) is 4.74 Å². The van der Waals surface area contributed by atoms with Crippen LogP contribution in [0, 0.1) is 0 Å². The highest BCUT2D eigenvalue weighted by Crippen LogP contribution is 2.32. The van der Waals surface area contributed by atoms with Gasteiger partial charge in [-0.1, -0.05) is 18.2 Å². The Morgan fingerprint density at radius 3 is 2.80 bits per heavy atom. The smallest absolute Gasteiger partial charge is 0.411 e. The maximum Gasteiger partial charge on any atom is 0.411 e. The number of hydrogen-bond acceptors (Lipinski definition) is 3. The SMILES string of the molecule is CCN(c1c[nH]c2ccccc12)[C@H]1CCCCN1C(=O)OC(C)(C)C. The number of nitrogens with one attached hydrogen (secondary N) is 1. The Balaban J connectivity index is 1.90. The first-order chi connectivity index (χ1) is 11.9. The van der Waals surface area contributed by atoms with Crippen molar-refractivity contribution in [2.24, 2.45) is 0 Å². The van der Waals surface area contributed by atoms with Gasteiger partial charge in [0.1, 0.15) is 11.8 Å². The number of carbonyl (C=O) groups is 1. The number of aromatic nitrogens is 1. The predicted octanol–water partition coefficient (Wildman–Crippen LogP) is 4.74. The third-order valence-electron chi connectivity index (χ3n) is 4.68. The van der Waals surface area contributed by atoms with E-state index in [1.807, 2.05) is 31.7 Å². The summed E-state index contributed by atoms with van der Waals surface area (Å²) in [6, 6.07) is 8.30. The number of nitrogens with zero attached hydrogens (tertiary/aromatic N) is 2. The van der Waals surface area contributed by atoms with Crippen LogP contribution in [0.15, 0.2) is 30.5 Å². The number of likely N-dealkylation sites (tertiary alicyclic amines) is 1. The zero-order valence-corrected chi connectivity index (χ0v) is 15.7. The average molecular weight is 343 g/mol. The quantitative estimate of drug-likeness (QED) is 0.875. The number of piperidine rings is 1. The molecule has 1 aliphatic rings. The van der Waals surface area contributed by atoms with E-state index < -0.39 is 5.60 Å². The van der Waals surface area contributed by atoms with Crippen molar-refractivity contribution in [3.63, 3.8) is 0 Å². The van der Waals surface area contributed by atoms with Gasteiger partial charge < -0.3 is 14.6 Å². The van der Waals surface area contributed by atoms with Crippen molar-refractivity contribution in [2.75, 3.05) is 18.0 Å². The summed E-state index contributed by atoms with van der Waals surface area (Å²) in [7, 11) is 0. The summed E-state index contributed by atoms with van der Waals surface area (Å²) < 4.78 is 5.66. The zero-order chi connectivity index (χ0) is 18.0. The van der Waals surface area contributed by atoms with Crippen LogP contribution >= 0.6 is 0 Å². The number of fused-ring (bicyclic) bond motifs is 1. The summed E-state index contributed by atoms with van der Waals surface area (Å²) in [6.45, 7) is 9.48. The molecule has 25 heavy (non-hydrogen) atoms. The lowest BCUT2D eigenvalue weighted by Crippen LogP contribution is -2.54. The van der Waals surface area contributed by atoms with E-state index in [1.54, 1.807) is 0 Å². The number of H-pyrrole nitrogens is 1. The van der Waals surface area contributed by atoms with E-state index in [9.17, 15) is 4.79 Å². The summed E-state index contributed by atoms with van der Waals surface area (Å²) in [5.74, 6) is 0. The number of benzene rings is 1. The molecule has 136 valence electrons. The third kappa shape index (κ3) is 3.75. The van der Waals surface area contributed by atoms with Crippen molar-refractivity contribution in [3.05, 3.63) is 30.5 Å². The maximum atomic E-state index is 12.7. The van der Waals surface area contributed by atoms with Crippen LogP contribution in [0.25, 0.3) is 10.9 Å². The highest BCUT2D eigenvalue weighted by Gasteiger charge is 2.34. The summed E-state index contributed by atoms with van der Waals surface area (Å²) in [5.41, 5.74) is 1.80. The molecule has 3 rings (SSSR count). The number of anilines is 1. The van der Waals surface area contributed by atoms with Gasteiger partial charge in [0.15, 0.2) is 0 Å². The molecular formula is C20H29N3O2. The average Bonchev–Trinajstić information content (AvgIpc) is 2.99. The number of hydrogen-bond donors (Lipinski definition) is 1. The van der Waals surface area contributed by atoms with Gasteiger partial charge in [-0.2, -0.15) is 0 Å². The van der Waals surface area contributed by atoms with E-state index in [4.69, 9.17) is 4.74 Å². The minimum absolute atomic E-state index is 0.0350. The molecule has 1 aliphatic heterocycles. The molecule has 5 heteroatoms. The van der Waals surface area contributed by atoms with Gasteiger partial charge in [-0.25, -0.2) is 4.79 Å².